The van der Waals surface area contributed by atoms with Crippen LogP contribution in [-0.4, -0.2) is 40.1 Å². The number of carbonyl (C=O) groups excluding carboxylic acids is 1. The van der Waals surface area contributed by atoms with Crippen LogP contribution in [0.5, 0.6) is 11.5 Å². The van der Waals surface area contributed by atoms with Crippen molar-refractivity contribution in [3.63, 3.8) is 0 Å². The van der Waals surface area contributed by atoms with Gasteiger partial charge in [0, 0.05) is 37.1 Å². The summed E-state index contributed by atoms with van der Waals surface area (Å²) in [6.45, 7) is 0.758. The molecule has 8 nitrogen and oxygen atoms in total. The molecule has 0 fully saturated rings. The fourth-order valence-electron chi connectivity index (χ4n) is 2.85. The number of rotatable bonds is 5. The third kappa shape index (κ3) is 3.85. The first-order valence-corrected chi connectivity index (χ1v) is 8.87. The van der Waals surface area contributed by atoms with E-state index in [0.717, 1.165) is 0 Å². The number of benzene rings is 1. The molecule has 0 radical (unpaired) electrons. The van der Waals surface area contributed by atoms with Crippen molar-refractivity contribution in [1.29, 1.82) is 0 Å². The molecule has 4 rings (SSSR count). The molecule has 3 heterocycles. The zero-order valence-electron chi connectivity index (χ0n) is 14.9. The van der Waals surface area contributed by atoms with Gasteiger partial charge in [-0.05, 0) is 24.3 Å². The van der Waals surface area contributed by atoms with Crippen molar-refractivity contribution in [3.8, 4) is 22.9 Å². The summed E-state index contributed by atoms with van der Waals surface area (Å²) in [7, 11) is 0. The Kier molecular flexibility index (Phi) is 5.01. The molecule has 1 aliphatic heterocycles. The average Bonchev–Trinajstić information content (AvgIpc) is 2.74. The predicted octanol–water partition coefficient (Wildman–Crippen LogP) is 1.79. The topological polar surface area (TPSA) is 106 Å². The van der Waals surface area contributed by atoms with Gasteiger partial charge in [0.15, 0.2) is 11.5 Å². The second-order valence-electron chi connectivity index (χ2n) is 6.26. The number of pyridine rings is 1. The molecule has 0 spiro atoms. The summed E-state index contributed by atoms with van der Waals surface area (Å²) >= 11 is 0. The first-order chi connectivity index (χ1) is 13.7. The monoisotopic (exact) mass is 378 g/mol. The van der Waals surface area contributed by atoms with Crippen molar-refractivity contribution in [2.75, 3.05) is 13.2 Å². The van der Waals surface area contributed by atoms with Gasteiger partial charge in [-0.3, -0.25) is 14.6 Å². The smallest absolute Gasteiger partial charge is 0.264 e. The molecule has 0 unspecified atom stereocenters. The minimum Gasteiger partial charge on any atom is -0.486 e. The Morgan fingerprint density at radius 1 is 1.18 bits per heavy atom. The van der Waals surface area contributed by atoms with Crippen LogP contribution < -0.4 is 20.3 Å². The SMILES string of the molecule is O=C(NCC[C@H]1COc2ccccc2O1)c1cnc(-c2cccnc2)[nH]c1=O. The molecule has 1 atom stereocenters. The third-order valence-corrected chi connectivity index (χ3v) is 4.30. The molecule has 28 heavy (non-hydrogen) atoms. The Hall–Kier alpha value is -3.68. The van der Waals surface area contributed by atoms with Gasteiger partial charge in [-0.25, -0.2) is 4.98 Å². The van der Waals surface area contributed by atoms with E-state index < -0.39 is 11.5 Å². The van der Waals surface area contributed by atoms with Crippen LogP contribution in [0.15, 0.2) is 59.8 Å². The second kappa shape index (κ2) is 7.91. The number of ether oxygens (including phenoxy) is 2. The molecule has 2 N–H and O–H groups in total. The van der Waals surface area contributed by atoms with Crippen LogP contribution in [0, 0.1) is 0 Å². The van der Waals surface area contributed by atoms with Crippen molar-refractivity contribution >= 4 is 5.91 Å². The Bertz CT molecular complexity index is 1040. The Morgan fingerprint density at radius 2 is 2.04 bits per heavy atom. The van der Waals surface area contributed by atoms with E-state index >= 15 is 0 Å². The quantitative estimate of drug-likeness (QED) is 0.701. The van der Waals surface area contributed by atoms with Crippen molar-refractivity contribution < 1.29 is 14.3 Å². The van der Waals surface area contributed by atoms with Gasteiger partial charge in [0.05, 0.1) is 0 Å². The Labute approximate surface area is 160 Å². The number of carbonyl (C=O) groups is 1. The van der Waals surface area contributed by atoms with Gasteiger partial charge in [-0.1, -0.05) is 12.1 Å². The number of para-hydroxylation sites is 2. The highest BCUT2D eigenvalue weighted by atomic mass is 16.6. The zero-order valence-corrected chi connectivity index (χ0v) is 14.9. The van der Waals surface area contributed by atoms with Crippen molar-refractivity contribution in [2.45, 2.75) is 12.5 Å². The molecule has 142 valence electrons. The fourth-order valence-corrected chi connectivity index (χ4v) is 2.85. The molecule has 1 amide bonds. The van der Waals surface area contributed by atoms with Crippen LogP contribution in [0.25, 0.3) is 11.4 Å². The number of nitrogens with zero attached hydrogens (tertiary/aromatic N) is 2. The van der Waals surface area contributed by atoms with Crippen LogP contribution >= 0.6 is 0 Å². The molecule has 3 aromatic rings. The van der Waals surface area contributed by atoms with Gasteiger partial charge in [0.1, 0.15) is 24.1 Å². The van der Waals surface area contributed by atoms with Gasteiger partial charge >= 0.3 is 0 Å². The van der Waals surface area contributed by atoms with Gasteiger partial charge in [0.25, 0.3) is 11.5 Å². The van der Waals surface area contributed by atoms with E-state index in [-0.39, 0.29) is 11.7 Å². The summed E-state index contributed by atoms with van der Waals surface area (Å²) in [6, 6.07) is 11.0. The maximum atomic E-state index is 12.3. The summed E-state index contributed by atoms with van der Waals surface area (Å²) in [5, 5.41) is 2.72. The minimum atomic E-state index is -0.502. The van der Waals surface area contributed by atoms with Gasteiger partial charge < -0.3 is 19.8 Å². The molecule has 2 aromatic heterocycles. The van der Waals surface area contributed by atoms with Crippen LogP contribution in [0.2, 0.25) is 0 Å². The lowest BCUT2D eigenvalue weighted by atomic mass is 10.2. The van der Waals surface area contributed by atoms with E-state index in [1.165, 1.54) is 6.20 Å². The summed E-state index contributed by atoms with van der Waals surface area (Å²) in [4.78, 5) is 35.3. The number of H-pyrrole nitrogens is 1. The average molecular weight is 378 g/mol. The zero-order chi connectivity index (χ0) is 19.3. The standard InChI is InChI=1S/C20H18N4O4/c25-19(15-11-23-18(24-20(15)26)13-4-3-8-21-10-13)22-9-7-14-12-27-16-5-1-2-6-17(16)28-14/h1-6,8,10-11,14H,7,9,12H2,(H,22,25)(H,23,24,26)/t14-/m0/s1. The molecule has 8 heteroatoms. The fraction of sp³-hybridized carbons (Fsp3) is 0.200. The number of amides is 1. The maximum absolute atomic E-state index is 12.3. The van der Waals surface area contributed by atoms with E-state index in [9.17, 15) is 9.59 Å². The summed E-state index contributed by atoms with van der Waals surface area (Å²) in [6.07, 6.45) is 4.87. The van der Waals surface area contributed by atoms with Gasteiger partial charge in [-0.15, -0.1) is 0 Å². The Balaban J connectivity index is 1.34. The first kappa shape index (κ1) is 17.7. The predicted molar refractivity (Wildman–Crippen MR) is 101 cm³/mol. The van der Waals surface area contributed by atoms with Gasteiger partial charge in [0.2, 0.25) is 0 Å². The number of aromatic nitrogens is 3. The van der Waals surface area contributed by atoms with Crippen molar-refractivity contribution in [2.24, 2.45) is 0 Å². The summed E-state index contributed by atoms with van der Waals surface area (Å²) in [5.74, 6) is 1.29. The molecule has 0 saturated carbocycles. The molecule has 1 aliphatic rings. The highest BCUT2D eigenvalue weighted by Gasteiger charge is 2.21. The third-order valence-electron chi connectivity index (χ3n) is 4.30. The van der Waals surface area contributed by atoms with Crippen LogP contribution in [0.3, 0.4) is 0 Å². The molecular weight excluding hydrogens is 360 g/mol. The summed E-state index contributed by atoms with van der Waals surface area (Å²) in [5.41, 5.74) is 0.123. The molecule has 0 bridgehead atoms. The van der Waals surface area contributed by atoms with E-state index in [1.807, 2.05) is 24.3 Å². The highest BCUT2D eigenvalue weighted by Crippen LogP contribution is 2.31. The largest absolute Gasteiger partial charge is 0.486 e. The van der Waals surface area contributed by atoms with Crippen LogP contribution in [0.4, 0.5) is 0 Å². The number of aromatic amines is 1. The lowest BCUT2D eigenvalue weighted by molar-refractivity contribution is 0.0812. The maximum Gasteiger partial charge on any atom is 0.264 e. The number of nitrogens with one attached hydrogen (secondary N) is 2. The highest BCUT2D eigenvalue weighted by molar-refractivity contribution is 5.93. The normalized spacial score (nSPS) is 15.1. The van der Waals surface area contributed by atoms with E-state index in [1.54, 1.807) is 24.5 Å². The Morgan fingerprint density at radius 3 is 2.82 bits per heavy atom. The van der Waals surface area contributed by atoms with Crippen LogP contribution in [-0.2, 0) is 0 Å². The van der Waals surface area contributed by atoms with E-state index in [4.69, 9.17) is 9.47 Å². The molecule has 1 aromatic carbocycles. The van der Waals surface area contributed by atoms with Gasteiger partial charge in [-0.2, -0.15) is 0 Å². The number of hydrogen-bond acceptors (Lipinski definition) is 6. The molecule has 0 aliphatic carbocycles. The first-order valence-electron chi connectivity index (χ1n) is 8.87. The lowest BCUT2D eigenvalue weighted by Crippen LogP contribution is -2.36. The van der Waals surface area contributed by atoms with E-state index in [0.29, 0.717) is 42.5 Å². The molecule has 0 saturated heterocycles. The summed E-state index contributed by atoms with van der Waals surface area (Å²) < 4.78 is 11.5. The second-order valence-corrected chi connectivity index (χ2v) is 6.26. The van der Waals surface area contributed by atoms with Crippen LogP contribution in [0.1, 0.15) is 16.8 Å². The van der Waals surface area contributed by atoms with Crippen molar-refractivity contribution in [3.05, 3.63) is 70.9 Å². The minimum absolute atomic E-state index is 0.0428. The number of hydrogen-bond donors (Lipinski definition) is 2. The lowest BCUT2D eigenvalue weighted by Gasteiger charge is -2.26. The van der Waals surface area contributed by atoms with Crippen molar-refractivity contribution in [1.82, 2.24) is 20.3 Å². The number of fused-ring (bicyclic) bond motifs is 1. The van der Waals surface area contributed by atoms with E-state index in [2.05, 4.69) is 20.3 Å². The molecular formula is C20H18N4O4.